The van der Waals surface area contributed by atoms with Gasteiger partial charge in [-0.2, -0.15) is 0 Å². The molecule has 6 nitrogen and oxygen atoms in total. The summed E-state index contributed by atoms with van der Waals surface area (Å²) in [7, 11) is 0. The van der Waals surface area contributed by atoms with E-state index in [9.17, 15) is 19.2 Å². The van der Waals surface area contributed by atoms with E-state index in [-0.39, 0.29) is 27.6 Å². The Morgan fingerprint density at radius 1 is 1.14 bits per heavy atom. The minimum Gasteiger partial charge on any atom is -0.592 e. The molecule has 2 aliphatic rings. The monoisotopic (exact) mass is 365 g/mol. The summed E-state index contributed by atoms with van der Waals surface area (Å²) in [4.78, 5) is 45.1. The maximum absolute atomic E-state index is 11.2. The van der Waals surface area contributed by atoms with E-state index in [4.69, 9.17) is 0 Å². The van der Waals surface area contributed by atoms with Crippen LogP contribution in [0.5, 0.6) is 0 Å². The van der Waals surface area contributed by atoms with Gasteiger partial charge in [0.2, 0.25) is 5.41 Å². The third kappa shape index (κ3) is 0.797. The van der Waals surface area contributed by atoms with Gasteiger partial charge in [0.05, 0.1) is 11.8 Å². The van der Waals surface area contributed by atoms with Crippen LogP contribution >= 0.6 is 0 Å². The maximum atomic E-state index is 11.2. The van der Waals surface area contributed by atoms with Gasteiger partial charge in [-0.1, -0.05) is 0 Å². The van der Waals surface area contributed by atoms with E-state index < -0.39 is 29.0 Å². The summed E-state index contributed by atoms with van der Waals surface area (Å²) in [6.07, 6.45) is 0. The third-order valence-corrected chi connectivity index (χ3v) is 2.29. The number of β-lactam (4-membered cyclic amide) rings is 4. The first-order valence-electron chi connectivity index (χ1n) is 3.73. The molecule has 0 aromatic rings. The molecule has 1 spiro atoms. The standard InChI is InChI=1S/C7H6N2O4.W/c1-2-9-5(12)7(6(9)13)3(10)8-4(7)11;/h2H2,1H3,(H,8,10,11);/p-1. The summed E-state index contributed by atoms with van der Waals surface area (Å²) in [5, 5.41) is 2.92. The first-order valence-corrected chi connectivity index (χ1v) is 3.73. The molecule has 2 saturated heterocycles. The summed E-state index contributed by atoms with van der Waals surface area (Å²) in [6, 6.07) is 0. The van der Waals surface area contributed by atoms with Crippen LogP contribution in [0.1, 0.15) is 6.92 Å². The fourth-order valence-corrected chi connectivity index (χ4v) is 1.49. The zero-order chi connectivity index (χ0) is 9.80. The Morgan fingerprint density at radius 2 is 1.57 bits per heavy atom. The normalized spacial score (nSPS) is 22.5. The zero-order valence-electron chi connectivity index (χ0n) is 7.14. The van der Waals surface area contributed by atoms with Gasteiger partial charge in [0.1, 0.15) is 0 Å². The third-order valence-electron chi connectivity index (χ3n) is 2.29. The average Bonchev–Trinajstić information content (AvgIpc) is 2.05. The molecule has 0 atom stereocenters. The number of nitrogens with zero attached hydrogens (tertiary/aromatic N) is 2. The fourth-order valence-electron chi connectivity index (χ4n) is 1.49. The molecule has 7 heteroatoms. The summed E-state index contributed by atoms with van der Waals surface area (Å²) in [5.74, 6) is -3.30. The number of carbonyl (C=O) groups excluding carboxylic acids is 4. The van der Waals surface area contributed by atoms with Crippen LogP contribution in [-0.4, -0.2) is 35.1 Å². The number of carbonyl (C=O) groups is 4. The van der Waals surface area contributed by atoms with E-state index in [0.717, 1.165) is 4.90 Å². The second-order valence-electron chi connectivity index (χ2n) is 2.83. The molecule has 2 rings (SSSR count). The smallest absolute Gasteiger partial charge is 0.256 e. The first kappa shape index (κ1) is 11.0. The van der Waals surface area contributed by atoms with Gasteiger partial charge in [0.25, 0.3) is 11.8 Å². The van der Waals surface area contributed by atoms with Gasteiger partial charge in [-0.15, -0.1) is 0 Å². The summed E-state index contributed by atoms with van der Waals surface area (Å²) < 4.78 is 0. The Labute approximate surface area is 93.3 Å². The zero-order valence-corrected chi connectivity index (χ0v) is 10.1. The SMILES string of the molecule is CCN1C(=O)C2(C(=O)[N-]C2=O)C1=O.[W]. The van der Waals surface area contributed by atoms with Crippen LogP contribution in [0.3, 0.4) is 0 Å². The molecule has 0 aromatic heterocycles. The van der Waals surface area contributed by atoms with Crippen LogP contribution in [0.25, 0.3) is 5.32 Å². The molecule has 4 amide bonds. The van der Waals surface area contributed by atoms with E-state index >= 15 is 0 Å². The van der Waals surface area contributed by atoms with Crippen LogP contribution in [0.15, 0.2) is 0 Å². The van der Waals surface area contributed by atoms with E-state index in [1.54, 1.807) is 6.92 Å². The quantitative estimate of drug-likeness (QED) is 0.432. The van der Waals surface area contributed by atoms with E-state index in [1.165, 1.54) is 0 Å². The van der Waals surface area contributed by atoms with Crippen molar-refractivity contribution in [1.29, 1.82) is 0 Å². The van der Waals surface area contributed by atoms with Crippen LogP contribution in [-0.2, 0) is 40.2 Å². The van der Waals surface area contributed by atoms with Gasteiger partial charge < -0.3 is 14.9 Å². The molecule has 0 saturated carbocycles. The average molecular weight is 365 g/mol. The van der Waals surface area contributed by atoms with Gasteiger partial charge in [-0.3, -0.25) is 14.5 Å². The van der Waals surface area contributed by atoms with Crippen LogP contribution < -0.4 is 0 Å². The topological polar surface area (TPSA) is 85.6 Å². The van der Waals surface area contributed by atoms with Crippen molar-refractivity contribution < 1.29 is 40.2 Å². The molecule has 0 radical (unpaired) electrons. The number of hydrogen-bond acceptors (Lipinski definition) is 4. The minimum absolute atomic E-state index is 0. The van der Waals surface area contributed by atoms with E-state index in [0.29, 0.717) is 0 Å². The van der Waals surface area contributed by atoms with Crippen molar-refractivity contribution in [1.82, 2.24) is 4.90 Å². The molecular formula is C7H5N2O4W-. The largest absolute Gasteiger partial charge is 0.592 e. The van der Waals surface area contributed by atoms with Gasteiger partial charge >= 0.3 is 0 Å². The molecule has 0 aromatic carbocycles. The second kappa shape index (κ2) is 2.98. The molecule has 0 unspecified atom stereocenters. The molecule has 0 bridgehead atoms. The minimum atomic E-state index is -2.05. The van der Waals surface area contributed by atoms with Gasteiger partial charge in [-0.25, -0.2) is 0 Å². The molecule has 2 heterocycles. The Morgan fingerprint density at radius 3 is 1.86 bits per heavy atom. The Bertz CT molecular complexity index is 333. The van der Waals surface area contributed by atoms with Crippen molar-refractivity contribution in [2.24, 2.45) is 5.41 Å². The molecule has 74 valence electrons. The first-order chi connectivity index (χ1) is 6.06. The molecule has 0 aliphatic carbocycles. The van der Waals surface area contributed by atoms with Crippen molar-refractivity contribution in [3.8, 4) is 0 Å². The molecule has 14 heavy (non-hydrogen) atoms. The van der Waals surface area contributed by atoms with Crippen molar-refractivity contribution in [2.45, 2.75) is 6.92 Å². The number of hydrogen-bond donors (Lipinski definition) is 0. The molecule has 0 N–H and O–H groups in total. The molecule has 2 fully saturated rings. The number of amides is 4. The molecular weight excluding hydrogens is 360 g/mol. The van der Waals surface area contributed by atoms with E-state index in [1.807, 2.05) is 0 Å². The predicted octanol–water partition coefficient (Wildman–Crippen LogP) is -1.20. The summed E-state index contributed by atoms with van der Waals surface area (Å²) in [5.41, 5.74) is -2.05. The summed E-state index contributed by atoms with van der Waals surface area (Å²) in [6.45, 7) is 1.77. The van der Waals surface area contributed by atoms with Crippen molar-refractivity contribution in [3.05, 3.63) is 5.32 Å². The predicted molar refractivity (Wildman–Crippen MR) is 38.2 cm³/mol. The van der Waals surface area contributed by atoms with Crippen LogP contribution in [0, 0.1) is 5.41 Å². The molecule has 2 aliphatic heterocycles. The number of rotatable bonds is 1. The number of likely N-dealkylation sites (tertiary alicyclic amines) is 1. The van der Waals surface area contributed by atoms with Gasteiger partial charge in [-0.05, 0) is 6.92 Å². The van der Waals surface area contributed by atoms with Crippen LogP contribution in [0.4, 0.5) is 0 Å². The van der Waals surface area contributed by atoms with E-state index in [2.05, 4.69) is 5.32 Å². The van der Waals surface area contributed by atoms with Gasteiger partial charge in [0.15, 0.2) is 0 Å². The number of imide groups is 2. The maximum Gasteiger partial charge on any atom is 0.256 e. The van der Waals surface area contributed by atoms with Crippen molar-refractivity contribution in [2.75, 3.05) is 6.54 Å². The van der Waals surface area contributed by atoms with Gasteiger partial charge in [0, 0.05) is 27.6 Å². The fraction of sp³-hybridized carbons (Fsp3) is 0.429. The Kier molecular flexibility index (Phi) is 2.35. The second-order valence-corrected chi connectivity index (χ2v) is 2.83. The van der Waals surface area contributed by atoms with Crippen LogP contribution in [0.2, 0.25) is 0 Å². The van der Waals surface area contributed by atoms with Crippen molar-refractivity contribution >= 4 is 23.6 Å². The Hall–Kier alpha value is -1.03. The summed E-state index contributed by atoms with van der Waals surface area (Å²) >= 11 is 0. The Balaban J connectivity index is 0.000000980. The van der Waals surface area contributed by atoms with Crippen molar-refractivity contribution in [3.63, 3.8) is 0 Å².